The molecule has 0 aliphatic rings. The van der Waals surface area contributed by atoms with Crippen molar-refractivity contribution >= 4 is 17.8 Å². The average Bonchev–Trinajstić information content (AvgIpc) is 2.49. The van der Waals surface area contributed by atoms with Gasteiger partial charge in [-0.25, -0.2) is 0 Å². The SMILES string of the molecule is CCN(CC(=O)O)C(=O)CNC(=O)CCc1ccc(C)cc1. The van der Waals surface area contributed by atoms with Gasteiger partial charge in [0.25, 0.3) is 0 Å². The standard InChI is InChI=1S/C16H22N2O4/c1-3-18(11-16(21)22)15(20)10-17-14(19)9-8-13-6-4-12(2)5-7-13/h4-7H,3,8-11H2,1-2H3,(H,17,19)(H,21,22). The van der Waals surface area contributed by atoms with Gasteiger partial charge < -0.3 is 15.3 Å². The molecule has 1 rings (SSSR count). The van der Waals surface area contributed by atoms with E-state index in [1.54, 1.807) is 6.92 Å². The second kappa shape index (κ2) is 8.81. The summed E-state index contributed by atoms with van der Waals surface area (Å²) in [7, 11) is 0. The van der Waals surface area contributed by atoms with Crippen molar-refractivity contribution in [1.82, 2.24) is 10.2 Å². The Labute approximate surface area is 130 Å². The van der Waals surface area contributed by atoms with Gasteiger partial charge in [-0.3, -0.25) is 14.4 Å². The van der Waals surface area contributed by atoms with Crippen molar-refractivity contribution in [3.8, 4) is 0 Å². The molecule has 0 bridgehead atoms. The van der Waals surface area contributed by atoms with Crippen LogP contribution in [0.2, 0.25) is 0 Å². The third-order valence-electron chi connectivity index (χ3n) is 3.26. The highest BCUT2D eigenvalue weighted by Gasteiger charge is 2.15. The molecule has 0 aromatic heterocycles. The Morgan fingerprint density at radius 1 is 1.18 bits per heavy atom. The minimum absolute atomic E-state index is 0.173. The molecule has 0 aliphatic carbocycles. The second-order valence-corrected chi connectivity index (χ2v) is 5.06. The van der Waals surface area contributed by atoms with Gasteiger partial charge in [0.15, 0.2) is 0 Å². The lowest BCUT2D eigenvalue weighted by Gasteiger charge is -2.18. The Bertz CT molecular complexity index is 525. The van der Waals surface area contributed by atoms with Gasteiger partial charge in [-0.1, -0.05) is 29.8 Å². The van der Waals surface area contributed by atoms with Crippen molar-refractivity contribution in [3.63, 3.8) is 0 Å². The number of hydrogen-bond donors (Lipinski definition) is 2. The second-order valence-electron chi connectivity index (χ2n) is 5.06. The molecule has 2 N–H and O–H groups in total. The first-order chi connectivity index (χ1) is 10.4. The van der Waals surface area contributed by atoms with E-state index in [9.17, 15) is 14.4 Å². The average molecular weight is 306 g/mol. The molecule has 0 unspecified atom stereocenters. The van der Waals surface area contributed by atoms with Crippen LogP contribution in [-0.4, -0.2) is 47.4 Å². The van der Waals surface area contributed by atoms with E-state index < -0.39 is 11.9 Å². The van der Waals surface area contributed by atoms with E-state index >= 15 is 0 Å². The molecule has 0 aliphatic heterocycles. The van der Waals surface area contributed by atoms with Crippen LogP contribution in [-0.2, 0) is 20.8 Å². The highest BCUT2D eigenvalue weighted by Crippen LogP contribution is 2.05. The zero-order valence-electron chi connectivity index (χ0n) is 13.0. The number of amides is 2. The first-order valence-corrected chi connectivity index (χ1v) is 7.24. The Morgan fingerprint density at radius 2 is 1.82 bits per heavy atom. The van der Waals surface area contributed by atoms with Crippen molar-refractivity contribution in [2.75, 3.05) is 19.6 Å². The summed E-state index contributed by atoms with van der Waals surface area (Å²) < 4.78 is 0. The van der Waals surface area contributed by atoms with Crippen LogP contribution in [0.1, 0.15) is 24.5 Å². The fraction of sp³-hybridized carbons (Fsp3) is 0.438. The van der Waals surface area contributed by atoms with Gasteiger partial charge in [0.1, 0.15) is 6.54 Å². The number of aryl methyl sites for hydroxylation is 2. The van der Waals surface area contributed by atoms with E-state index in [-0.39, 0.29) is 19.0 Å². The Balaban J connectivity index is 2.34. The molecule has 1 aromatic carbocycles. The predicted octanol–water partition coefficient (Wildman–Crippen LogP) is 0.977. The Morgan fingerprint density at radius 3 is 2.36 bits per heavy atom. The lowest BCUT2D eigenvalue weighted by Crippen LogP contribution is -2.42. The maximum atomic E-state index is 11.8. The molecule has 6 nitrogen and oxygen atoms in total. The summed E-state index contributed by atoms with van der Waals surface area (Å²) in [6.07, 6.45) is 0.897. The molecule has 0 fully saturated rings. The van der Waals surface area contributed by atoms with E-state index in [4.69, 9.17) is 5.11 Å². The third-order valence-corrected chi connectivity index (χ3v) is 3.26. The van der Waals surface area contributed by atoms with Gasteiger partial charge in [-0.15, -0.1) is 0 Å². The summed E-state index contributed by atoms with van der Waals surface area (Å²) in [4.78, 5) is 35.3. The first-order valence-electron chi connectivity index (χ1n) is 7.24. The van der Waals surface area contributed by atoms with Crippen LogP contribution < -0.4 is 5.32 Å². The minimum atomic E-state index is -1.07. The Kier molecular flexibility index (Phi) is 7.08. The largest absolute Gasteiger partial charge is 0.480 e. The number of rotatable bonds is 8. The molecule has 0 radical (unpaired) electrons. The maximum absolute atomic E-state index is 11.8. The molecule has 22 heavy (non-hydrogen) atoms. The van der Waals surface area contributed by atoms with Crippen LogP contribution in [0, 0.1) is 6.92 Å². The third kappa shape index (κ3) is 6.39. The number of aliphatic carboxylic acids is 1. The topological polar surface area (TPSA) is 86.7 Å². The molecule has 120 valence electrons. The van der Waals surface area contributed by atoms with Crippen molar-refractivity contribution < 1.29 is 19.5 Å². The molecule has 0 atom stereocenters. The highest BCUT2D eigenvalue weighted by molar-refractivity contribution is 5.86. The van der Waals surface area contributed by atoms with Crippen LogP contribution >= 0.6 is 0 Å². The highest BCUT2D eigenvalue weighted by atomic mass is 16.4. The van der Waals surface area contributed by atoms with Crippen LogP contribution in [0.3, 0.4) is 0 Å². The molecule has 0 saturated carbocycles. The molecule has 6 heteroatoms. The predicted molar refractivity (Wildman–Crippen MR) is 82.4 cm³/mol. The first kappa shape index (κ1) is 17.7. The molecular weight excluding hydrogens is 284 g/mol. The molecule has 1 aromatic rings. The van der Waals surface area contributed by atoms with Crippen LogP contribution in [0.15, 0.2) is 24.3 Å². The van der Waals surface area contributed by atoms with E-state index in [0.29, 0.717) is 19.4 Å². The lowest BCUT2D eigenvalue weighted by molar-refractivity contribution is -0.144. The molecular formula is C16H22N2O4. The van der Waals surface area contributed by atoms with Crippen LogP contribution in [0.5, 0.6) is 0 Å². The monoisotopic (exact) mass is 306 g/mol. The zero-order valence-corrected chi connectivity index (χ0v) is 13.0. The van der Waals surface area contributed by atoms with Crippen LogP contribution in [0.4, 0.5) is 0 Å². The summed E-state index contributed by atoms with van der Waals surface area (Å²) in [6.45, 7) is 3.46. The van der Waals surface area contributed by atoms with Crippen molar-refractivity contribution in [1.29, 1.82) is 0 Å². The summed E-state index contributed by atoms with van der Waals surface area (Å²) in [6, 6.07) is 7.92. The Hall–Kier alpha value is -2.37. The van der Waals surface area contributed by atoms with Crippen molar-refractivity contribution in [3.05, 3.63) is 35.4 Å². The fourth-order valence-electron chi connectivity index (χ4n) is 1.93. The summed E-state index contributed by atoms with van der Waals surface area (Å²) >= 11 is 0. The fourth-order valence-corrected chi connectivity index (χ4v) is 1.93. The lowest BCUT2D eigenvalue weighted by atomic mass is 10.1. The van der Waals surface area contributed by atoms with E-state index in [0.717, 1.165) is 11.1 Å². The number of carbonyl (C=O) groups is 3. The number of nitrogens with one attached hydrogen (secondary N) is 1. The van der Waals surface area contributed by atoms with Crippen molar-refractivity contribution in [2.45, 2.75) is 26.7 Å². The van der Waals surface area contributed by atoms with Gasteiger partial charge in [0.2, 0.25) is 11.8 Å². The number of likely N-dealkylation sites (N-methyl/N-ethyl adjacent to an activating group) is 1. The van der Waals surface area contributed by atoms with Gasteiger partial charge in [-0.05, 0) is 25.8 Å². The summed E-state index contributed by atoms with van der Waals surface area (Å²) in [5.41, 5.74) is 2.23. The zero-order chi connectivity index (χ0) is 16.5. The smallest absolute Gasteiger partial charge is 0.323 e. The van der Waals surface area contributed by atoms with E-state index in [1.807, 2.05) is 31.2 Å². The number of nitrogens with zero attached hydrogens (tertiary/aromatic N) is 1. The van der Waals surface area contributed by atoms with Gasteiger partial charge in [0, 0.05) is 13.0 Å². The molecule has 0 spiro atoms. The number of hydrogen-bond acceptors (Lipinski definition) is 3. The number of carbonyl (C=O) groups excluding carboxylic acids is 2. The molecule has 0 saturated heterocycles. The van der Waals surface area contributed by atoms with Gasteiger partial charge >= 0.3 is 5.97 Å². The summed E-state index contributed by atoms with van der Waals surface area (Å²) in [5, 5.41) is 11.2. The van der Waals surface area contributed by atoms with Crippen molar-refractivity contribution in [2.24, 2.45) is 0 Å². The minimum Gasteiger partial charge on any atom is -0.480 e. The number of carboxylic acid groups (broad SMARTS) is 1. The maximum Gasteiger partial charge on any atom is 0.323 e. The summed E-state index contributed by atoms with van der Waals surface area (Å²) in [5.74, 6) is -1.69. The van der Waals surface area contributed by atoms with Crippen LogP contribution in [0.25, 0.3) is 0 Å². The normalized spacial score (nSPS) is 10.1. The van der Waals surface area contributed by atoms with Gasteiger partial charge in [0.05, 0.1) is 6.54 Å². The molecule has 2 amide bonds. The van der Waals surface area contributed by atoms with Gasteiger partial charge in [-0.2, -0.15) is 0 Å². The number of carboxylic acids is 1. The van der Waals surface area contributed by atoms with E-state index in [1.165, 1.54) is 4.90 Å². The number of benzene rings is 1. The molecule has 0 heterocycles. The van der Waals surface area contributed by atoms with E-state index in [2.05, 4.69) is 5.32 Å². The quantitative estimate of drug-likeness (QED) is 0.749.